The summed E-state index contributed by atoms with van der Waals surface area (Å²) in [6, 6.07) is 5.67. The molecular weight excluding hydrogens is 245 g/mol. The van der Waals surface area contributed by atoms with E-state index in [9.17, 15) is 9.18 Å². The predicted molar refractivity (Wildman–Crippen MR) is 68.2 cm³/mol. The lowest BCUT2D eigenvalue weighted by Gasteiger charge is -2.24. The SMILES string of the molecule is O=C(NC1CCn2ccnc2C1)c1ccc(F)cc1. The van der Waals surface area contributed by atoms with Gasteiger partial charge in [-0.25, -0.2) is 9.37 Å². The number of carbonyl (C=O) groups excluding carboxylic acids is 1. The molecule has 3 rings (SSSR count). The highest BCUT2D eigenvalue weighted by Gasteiger charge is 2.21. The van der Waals surface area contributed by atoms with Gasteiger partial charge in [-0.05, 0) is 30.7 Å². The minimum atomic E-state index is -0.337. The molecule has 1 aromatic carbocycles. The van der Waals surface area contributed by atoms with Gasteiger partial charge in [-0.2, -0.15) is 0 Å². The second kappa shape index (κ2) is 4.84. The smallest absolute Gasteiger partial charge is 0.251 e. The Labute approximate surface area is 110 Å². The van der Waals surface area contributed by atoms with Gasteiger partial charge in [0.15, 0.2) is 0 Å². The Morgan fingerprint density at radius 3 is 2.95 bits per heavy atom. The van der Waals surface area contributed by atoms with Crippen LogP contribution in [-0.2, 0) is 13.0 Å². The number of fused-ring (bicyclic) bond motifs is 1. The number of hydrogen-bond donors (Lipinski definition) is 1. The molecule has 1 aromatic heterocycles. The molecule has 0 saturated carbocycles. The van der Waals surface area contributed by atoms with Crippen LogP contribution >= 0.6 is 0 Å². The first-order valence-electron chi connectivity index (χ1n) is 6.29. The van der Waals surface area contributed by atoms with Gasteiger partial charge in [-0.1, -0.05) is 0 Å². The number of rotatable bonds is 2. The largest absolute Gasteiger partial charge is 0.349 e. The van der Waals surface area contributed by atoms with Gasteiger partial charge in [-0.15, -0.1) is 0 Å². The van der Waals surface area contributed by atoms with E-state index < -0.39 is 0 Å². The van der Waals surface area contributed by atoms with Crippen LogP contribution in [0, 0.1) is 5.82 Å². The van der Waals surface area contributed by atoms with Crippen molar-refractivity contribution in [2.45, 2.75) is 25.4 Å². The molecule has 1 unspecified atom stereocenters. The zero-order valence-corrected chi connectivity index (χ0v) is 10.3. The summed E-state index contributed by atoms with van der Waals surface area (Å²) in [6.07, 6.45) is 5.35. The molecule has 2 heterocycles. The number of hydrogen-bond acceptors (Lipinski definition) is 2. The molecule has 4 nitrogen and oxygen atoms in total. The Balaban J connectivity index is 1.66. The van der Waals surface area contributed by atoms with E-state index in [0.29, 0.717) is 5.56 Å². The second-order valence-corrected chi connectivity index (χ2v) is 4.71. The summed E-state index contributed by atoms with van der Waals surface area (Å²) in [4.78, 5) is 16.3. The lowest BCUT2D eigenvalue weighted by atomic mass is 10.1. The van der Waals surface area contributed by atoms with Crippen molar-refractivity contribution in [3.63, 3.8) is 0 Å². The van der Waals surface area contributed by atoms with Crippen LogP contribution in [0.2, 0.25) is 0 Å². The molecular formula is C14H14FN3O. The van der Waals surface area contributed by atoms with E-state index in [1.807, 2.05) is 6.20 Å². The number of aryl methyl sites for hydroxylation is 1. The molecule has 19 heavy (non-hydrogen) atoms. The number of imidazole rings is 1. The van der Waals surface area contributed by atoms with Gasteiger partial charge in [0.2, 0.25) is 0 Å². The van der Waals surface area contributed by atoms with E-state index in [2.05, 4.69) is 14.9 Å². The van der Waals surface area contributed by atoms with Crippen molar-refractivity contribution in [3.05, 3.63) is 53.9 Å². The molecule has 1 aliphatic rings. The Morgan fingerprint density at radius 1 is 1.37 bits per heavy atom. The first kappa shape index (κ1) is 11.9. The molecule has 0 fully saturated rings. The van der Waals surface area contributed by atoms with Crippen LogP contribution < -0.4 is 5.32 Å². The summed E-state index contributed by atoms with van der Waals surface area (Å²) in [5.41, 5.74) is 0.482. The van der Waals surface area contributed by atoms with Crippen molar-refractivity contribution in [3.8, 4) is 0 Å². The van der Waals surface area contributed by atoms with E-state index in [-0.39, 0.29) is 17.8 Å². The summed E-state index contributed by atoms with van der Waals surface area (Å²) >= 11 is 0. The molecule has 5 heteroatoms. The summed E-state index contributed by atoms with van der Waals surface area (Å²) in [5, 5.41) is 2.97. The first-order chi connectivity index (χ1) is 9.22. The van der Waals surface area contributed by atoms with E-state index in [0.717, 1.165) is 25.2 Å². The normalized spacial score (nSPS) is 17.8. The van der Waals surface area contributed by atoms with Crippen molar-refractivity contribution in [2.75, 3.05) is 0 Å². The third-order valence-corrected chi connectivity index (χ3v) is 3.39. The number of nitrogens with zero attached hydrogens (tertiary/aromatic N) is 2. The molecule has 1 atom stereocenters. The molecule has 1 amide bonds. The predicted octanol–water partition coefficient (Wildman–Crippen LogP) is 1.77. The quantitative estimate of drug-likeness (QED) is 0.893. The third kappa shape index (κ3) is 2.50. The van der Waals surface area contributed by atoms with Crippen LogP contribution in [0.15, 0.2) is 36.7 Å². The van der Waals surface area contributed by atoms with Crippen molar-refractivity contribution >= 4 is 5.91 Å². The van der Waals surface area contributed by atoms with E-state index >= 15 is 0 Å². The highest BCUT2D eigenvalue weighted by atomic mass is 19.1. The van der Waals surface area contributed by atoms with Crippen LogP contribution in [0.1, 0.15) is 22.6 Å². The van der Waals surface area contributed by atoms with E-state index in [4.69, 9.17) is 0 Å². The van der Waals surface area contributed by atoms with Crippen molar-refractivity contribution < 1.29 is 9.18 Å². The monoisotopic (exact) mass is 259 g/mol. The molecule has 0 bridgehead atoms. The van der Waals surface area contributed by atoms with Gasteiger partial charge in [-0.3, -0.25) is 4.79 Å². The maximum absolute atomic E-state index is 12.8. The van der Waals surface area contributed by atoms with E-state index in [1.54, 1.807) is 6.20 Å². The minimum absolute atomic E-state index is 0.0902. The lowest BCUT2D eigenvalue weighted by Crippen LogP contribution is -2.40. The Kier molecular flexibility index (Phi) is 3.03. The molecule has 2 aromatic rings. The summed E-state index contributed by atoms with van der Waals surface area (Å²) in [7, 11) is 0. The second-order valence-electron chi connectivity index (χ2n) is 4.71. The number of carbonyl (C=O) groups is 1. The minimum Gasteiger partial charge on any atom is -0.349 e. The summed E-state index contributed by atoms with van der Waals surface area (Å²) in [5.74, 6) is 0.497. The van der Waals surface area contributed by atoms with Crippen molar-refractivity contribution in [1.29, 1.82) is 0 Å². The number of benzene rings is 1. The van der Waals surface area contributed by atoms with E-state index in [1.165, 1.54) is 24.3 Å². The molecule has 1 aliphatic heterocycles. The maximum Gasteiger partial charge on any atom is 0.251 e. The van der Waals surface area contributed by atoms with Gasteiger partial charge in [0, 0.05) is 37.0 Å². The van der Waals surface area contributed by atoms with Crippen LogP contribution in [0.3, 0.4) is 0 Å². The third-order valence-electron chi connectivity index (χ3n) is 3.39. The lowest BCUT2D eigenvalue weighted by molar-refractivity contribution is 0.0930. The van der Waals surface area contributed by atoms with Crippen LogP contribution in [0.4, 0.5) is 4.39 Å². The standard InChI is InChI=1S/C14H14FN3O/c15-11-3-1-10(2-4-11)14(19)17-12-5-7-18-8-6-16-13(18)9-12/h1-4,6,8,12H,5,7,9H2,(H,17,19). The average molecular weight is 259 g/mol. The molecule has 98 valence electrons. The topological polar surface area (TPSA) is 46.9 Å². The molecule has 0 saturated heterocycles. The van der Waals surface area contributed by atoms with Gasteiger partial charge in [0.25, 0.3) is 5.91 Å². The highest BCUT2D eigenvalue weighted by Crippen LogP contribution is 2.14. The molecule has 0 radical (unpaired) electrons. The average Bonchev–Trinajstić information content (AvgIpc) is 2.87. The molecule has 0 spiro atoms. The van der Waals surface area contributed by atoms with Crippen LogP contribution in [-0.4, -0.2) is 21.5 Å². The number of aromatic nitrogens is 2. The number of amides is 1. The Morgan fingerprint density at radius 2 is 2.16 bits per heavy atom. The maximum atomic E-state index is 12.8. The van der Waals surface area contributed by atoms with Crippen molar-refractivity contribution in [1.82, 2.24) is 14.9 Å². The highest BCUT2D eigenvalue weighted by molar-refractivity contribution is 5.94. The number of halogens is 1. The fourth-order valence-electron chi connectivity index (χ4n) is 2.34. The zero-order chi connectivity index (χ0) is 13.2. The van der Waals surface area contributed by atoms with Crippen molar-refractivity contribution in [2.24, 2.45) is 0 Å². The fraction of sp³-hybridized carbons (Fsp3) is 0.286. The summed E-state index contributed by atoms with van der Waals surface area (Å²) < 4.78 is 14.9. The van der Waals surface area contributed by atoms with Gasteiger partial charge >= 0.3 is 0 Å². The van der Waals surface area contributed by atoms with Gasteiger partial charge < -0.3 is 9.88 Å². The Bertz CT molecular complexity index is 591. The Hall–Kier alpha value is -2.17. The van der Waals surface area contributed by atoms with Gasteiger partial charge in [0.05, 0.1) is 0 Å². The molecule has 0 aliphatic carbocycles. The van der Waals surface area contributed by atoms with Gasteiger partial charge in [0.1, 0.15) is 11.6 Å². The number of nitrogens with one attached hydrogen (secondary N) is 1. The van der Waals surface area contributed by atoms with Crippen LogP contribution in [0.25, 0.3) is 0 Å². The first-order valence-corrected chi connectivity index (χ1v) is 6.29. The summed E-state index contributed by atoms with van der Waals surface area (Å²) in [6.45, 7) is 0.865. The van der Waals surface area contributed by atoms with Crippen LogP contribution in [0.5, 0.6) is 0 Å². The fourth-order valence-corrected chi connectivity index (χ4v) is 2.34. The zero-order valence-electron chi connectivity index (χ0n) is 10.3. The molecule has 1 N–H and O–H groups in total.